The highest BCUT2D eigenvalue weighted by molar-refractivity contribution is 6.05. The largest absolute Gasteiger partial charge is 0.326 e. The minimum Gasteiger partial charge on any atom is -0.326 e. The summed E-state index contributed by atoms with van der Waals surface area (Å²) in [6, 6.07) is -0.107. The second kappa shape index (κ2) is 3.08. The van der Waals surface area contributed by atoms with Gasteiger partial charge < -0.3 is 5.73 Å². The number of amides is 2. The summed E-state index contributed by atoms with van der Waals surface area (Å²) >= 11 is 0. The molecule has 0 bridgehead atoms. The first-order chi connectivity index (χ1) is 6.16. The summed E-state index contributed by atoms with van der Waals surface area (Å²) in [5.41, 5.74) is 5.71. The quantitative estimate of drug-likeness (QED) is 0.482. The van der Waals surface area contributed by atoms with E-state index in [0.29, 0.717) is 6.42 Å². The van der Waals surface area contributed by atoms with Gasteiger partial charge in [-0.1, -0.05) is 0 Å². The van der Waals surface area contributed by atoms with Crippen molar-refractivity contribution in [1.82, 2.24) is 10.2 Å². The fourth-order valence-corrected chi connectivity index (χ4v) is 1.93. The second-order valence-electron chi connectivity index (χ2n) is 3.68. The molecule has 2 rings (SSSR count). The number of imide groups is 1. The third-order valence-electron chi connectivity index (χ3n) is 2.64. The summed E-state index contributed by atoms with van der Waals surface area (Å²) in [4.78, 5) is 24.2. The second-order valence-corrected chi connectivity index (χ2v) is 3.68. The molecule has 5 nitrogen and oxygen atoms in total. The summed E-state index contributed by atoms with van der Waals surface area (Å²) < 4.78 is 0. The standard InChI is InChI=1S/C8H13N3O2/c9-5-1-2-11(4-5)6-3-7(12)10-8(6)13/h5-6H,1-4,9H2,(H,10,12,13). The van der Waals surface area contributed by atoms with Gasteiger partial charge in [-0.25, -0.2) is 0 Å². The lowest BCUT2D eigenvalue weighted by atomic mass is 10.2. The van der Waals surface area contributed by atoms with Gasteiger partial charge in [0, 0.05) is 19.1 Å². The van der Waals surface area contributed by atoms with Crippen molar-refractivity contribution in [3.05, 3.63) is 0 Å². The average Bonchev–Trinajstić information content (AvgIpc) is 2.58. The van der Waals surface area contributed by atoms with Crippen molar-refractivity contribution in [2.45, 2.75) is 24.9 Å². The Morgan fingerprint density at radius 3 is 2.69 bits per heavy atom. The number of carbonyl (C=O) groups is 2. The Hall–Kier alpha value is -0.940. The molecule has 0 spiro atoms. The molecule has 0 radical (unpaired) electrons. The van der Waals surface area contributed by atoms with Gasteiger partial charge in [0.15, 0.2) is 0 Å². The molecular formula is C8H13N3O2. The van der Waals surface area contributed by atoms with Gasteiger partial charge in [-0.15, -0.1) is 0 Å². The van der Waals surface area contributed by atoms with Gasteiger partial charge >= 0.3 is 0 Å². The topological polar surface area (TPSA) is 75.4 Å². The van der Waals surface area contributed by atoms with E-state index in [1.165, 1.54) is 0 Å². The molecule has 0 aromatic carbocycles. The van der Waals surface area contributed by atoms with Crippen molar-refractivity contribution < 1.29 is 9.59 Å². The van der Waals surface area contributed by atoms with Crippen LogP contribution in [-0.4, -0.2) is 41.9 Å². The number of hydrogen-bond acceptors (Lipinski definition) is 4. The molecule has 13 heavy (non-hydrogen) atoms. The fraction of sp³-hybridized carbons (Fsp3) is 0.750. The number of nitrogens with zero attached hydrogens (tertiary/aromatic N) is 1. The Kier molecular flexibility index (Phi) is 2.05. The fourth-order valence-electron chi connectivity index (χ4n) is 1.93. The minimum absolute atomic E-state index is 0.156. The molecule has 3 N–H and O–H groups in total. The first-order valence-corrected chi connectivity index (χ1v) is 4.50. The van der Waals surface area contributed by atoms with Crippen LogP contribution >= 0.6 is 0 Å². The van der Waals surface area contributed by atoms with Crippen LogP contribution in [0.3, 0.4) is 0 Å². The maximum absolute atomic E-state index is 11.3. The highest BCUT2D eigenvalue weighted by atomic mass is 16.2. The molecule has 5 heteroatoms. The number of hydrogen-bond donors (Lipinski definition) is 2. The van der Waals surface area contributed by atoms with Crippen LogP contribution in [0.5, 0.6) is 0 Å². The average molecular weight is 183 g/mol. The summed E-state index contributed by atoms with van der Waals surface area (Å²) in [5, 5.41) is 2.30. The number of nitrogens with two attached hydrogens (primary N) is 1. The van der Waals surface area contributed by atoms with E-state index in [1.54, 1.807) is 0 Å². The smallest absolute Gasteiger partial charge is 0.244 e. The molecule has 2 saturated heterocycles. The number of rotatable bonds is 1. The van der Waals surface area contributed by atoms with Crippen LogP contribution in [0.2, 0.25) is 0 Å². The monoisotopic (exact) mass is 183 g/mol. The van der Waals surface area contributed by atoms with Crippen molar-refractivity contribution in [3.8, 4) is 0 Å². The molecule has 2 amide bonds. The molecule has 0 saturated carbocycles. The van der Waals surface area contributed by atoms with Crippen molar-refractivity contribution >= 4 is 11.8 Å². The summed E-state index contributed by atoms with van der Waals surface area (Å²) in [6.45, 7) is 1.55. The van der Waals surface area contributed by atoms with Gasteiger partial charge in [0.1, 0.15) is 0 Å². The highest BCUT2D eigenvalue weighted by Crippen LogP contribution is 2.16. The SMILES string of the molecule is NC1CCN(C2CC(=O)NC2=O)C1. The lowest BCUT2D eigenvalue weighted by molar-refractivity contribution is -0.126. The number of likely N-dealkylation sites (tertiary alicyclic amines) is 1. The Morgan fingerprint density at radius 2 is 2.23 bits per heavy atom. The van der Waals surface area contributed by atoms with Crippen LogP contribution in [0.4, 0.5) is 0 Å². The maximum Gasteiger partial charge on any atom is 0.244 e. The van der Waals surface area contributed by atoms with E-state index in [0.717, 1.165) is 19.5 Å². The molecule has 2 heterocycles. The van der Waals surface area contributed by atoms with E-state index in [1.807, 2.05) is 4.90 Å². The zero-order valence-corrected chi connectivity index (χ0v) is 7.32. The Bertz CT molecular complexity index is 254. The molecule has 0 aromatic rings. The van der Waals surface area contributed by atoms with E-state index in [2.05, 4.69) is 5.32 Å². The van der Waals surface area contributed by atoms with Gasteiger partial charge in [-0.3, -0.25) is 19.8 Å². The molecular weight excluding hydrogens is 170 g/mol. The van der Waals surface area contributed by atoms with Crippen molar-refractivity contribution in [2.24, 2.45) is 5.73 Å². The normalized spacial score (nSPS) is 35.5. The summed E-state index contributed by atoms with van der Waals surface area (Å²) in [6.07, 6.45) is 1.21. The van der Waals surface area contributed by atoms with Crippen molar-refractivity contribution in [1.29, 1.82) is 0 Å². The van der Waals surface area contributed by atoms with Crippen LogP contribution in [0.15, 0.2) is 0 Å². The zero-order chi connectivity index (χ0) is 9.42. The van der Waals surface area contributed by atoms with Gasteiger partial charge in [0.05, 0.1) is 12.5 Å². The van der Waals surface area contributed by atoms with Crippen LogP contribution in [-0.2, 0) is 9.59 Å². The third kappa shape index (κ3) is 1.57. The van der Waals surface area contributed by atoms with Crippen molar-refractivity contribution in [2.75, 3.05) is 13.1 Å². The van der Waals surface area contributed by atoms with E-state index in [-0.39, 0.29) is 23.9 Å². The summed E-state index contributed by atoms with van der Waals surface area (Å²) in [7, 11) is 0. The molecule has 2 fully saturated rings. The maximum atomic E-state index is 11.3. The Balaban J connectivity index is 2.01. The van der Waals surface area contributed by atoms with Crippen LogP contribution in [0.25, 0.3) is 0 Å². The predicted octanol–water partition coefficient (Wildman–Crippen LogP) is -1.57. The molecule has 0 aromatic heterocycles. The Labute approximate surface area is 76.3 Å². The van der Waals surface area contributed by atoms with Crippen LogP contribution in [0.1, 0.15) is 12.8 Å². The first-order valence-electron chi connectivity index (χ1n) is 4.50. The Morgan fingerprint density at radius 1 is 1.46 bits per heavy atom. The molecule has 2 atom stereocenters. The zero-order valence-electron chi connectivity index (χ0n) is 7.32. The lowest BCUT2D eigenvalue weighted by Gasteiger charge is -2.19. The molecule has 2 aliphatic rings. The van der Waals surface area contributed by atoms with Gasteiger partial charge in [-0.2, -0.15) is 0 Å². The van der Waals surface area contributed by atoms with E-state index >= 15 is 0 Å². The van der Waals surface area contributed by atoms with Crippen LogP contribution < -0.4 is 11.1 Å². The number of carbonyl (C=O) groups excluding carboxylic acids is 2. The van der Waals surface area contributed by atoms with Gasteiger partial charge in [0.2, 0.25) is 11.8 Å². The van der Waals surface area contributed by atoms with Crippen LogP contribution in [0, 0.1) is 0 Å². The molecule has 2 unspecified atom stereocenters. The van der Waals surface area contributed by atoms with E-state index in [4.69, 9.17) is 5.73 Å². The van der Waals surface area contributed by atoms with Gasteiger partial charge in [-0.05, 0) is 6.42 Å². The molecule has 2 aliphatic heterocycles. The van der Waals surface area contributed by atoms with Gasteiger partial charge in [0.25, 0.3) is 0 Å². The first kappa shape index (κ1) is 8.65. The van der Waals surface area contributed by atoms with E-state index in [9.17, 15) is 9.59 Å². The molecule has 72 valence electrons. The van der Waals surface area contributed by atoms with Crippen molar-refractivity contribution in [3.63, 3.8) is 0 Å². The van der Waals surface area contributed by atoms with E-state index < -0.39 is 0 Å². The number of nitrogens with one attached hydrogen (secondary N) is 1. The third-order valence-corrected chi connectivity index (χ3v) is 2.64. The minimum atomic E-state index is -0.263. The molecule has 0 aliphatic carbocycles. The predicted molar refractivity (Wildman–Crippen MR) is 45.7 cm³/mol. The highest BCUT2D eigenvalue weighted by Gasteiger charge is 2.37. The lowest BCUT2D eigenvalue weighted by Crippen LogP contribution is -2.40. The summed E-state index contributed by atoms with van der Waals surface area (Å²) in [5.74, 6) is -0.338.